The van der Waals surface area contributed by atoms with E-state index in [0.717, 1.165) is 31.6 Å². The number of ether oxygens (including phenoxy) is 2. The van der Waals surface area contributed by atoms with Crippen LogP contribution in [0.15, 0.2) is 0 Å². The quantitative estimate of drug-likeness (QED) is 0.422. The van der Waals surface area contributed by atoms with Crippen molar-refractivity contribution in [3.05, 3.63) is 0 Å². The summed E-state index contributed by atoms with van der Waals surface area (Å²) in [5.41, 5.74) is 0. The Bertz CT molecular complexity index is 152. The average molecular weight is 236 g/mol. The van der Waals surface area contributed by atoms with Crippen molar-refractivity contribution >= 4 is 18.6 Å². The van der Waals surface area contributed by atoms with Crippen LogP contribution in [0.4, 0.5) is 0 Å². The highest BCUT2D eigenvalue weighted by Gasteiger charge is 1.96. The van der Waals surface area contributed by atoms with Crippen molar-refractivity contribution in [2.45, 2.75) is 25.7 Å². The van der Waals surface area contributed by atoms with Crippen LogP contribution in [0.1, 0.15) is 25.7 Å². The molecule has 0 aromatic heterocycles. The van der Waals surface area contributed by atoms with E-state index < -0.39 is 5.97 Å². The van der Waals surface area contributed by atoms with E-state index in [-0.39, 0.29) is 13.0 Å². The second kappa shape index (κ2) is 11.8. The van der Waals surface area contributed by atoms with Gasteiger partial charge < -0.3 is 14.6 Å². The zero-order chi connectivity index (χ0) is 11.4. The zero-order valence-corrected chi connectivity index (χ0v) is 9.88. The molecule has 0 spiro atoms. The summed E-state index contributed by atoms with van der Waals surface area (Å²) in [5, 5.41) is 8.32. The SMILES string of the molecule is O=C(O)CCOCCOCCCCCS. The fourth-order valence-electron chi connectivity index (χ4n) is 0.974. The summed E-state index contributed by atoms with van der Waals surface area (Å²) in [6.45, 7) is 2.02. The number of rotatable bonds is 11. The molecule has 90 valence electrons. The molecule has 0 heterocycles. The van der Waals surface area contributed by atoms with Crippen LogP contribution in [0.5, 0.6) is 0 Å². The smallest absolute Gasteiger partial charge is 0.305 e. The summed E-state index contributed by atoms with van der Waals surface area (Å²) in [6.07, 6.45) is 3.38. The first-order chi connectivity index (χ1) is 7.27. The molecule has 0 aliphatic carbocycles. The Hall–Kier alpha value is -0.260. The number of hydrogen-bond donors (Lipinski definition) is 2. The first kappa shape index (κ1) is 14.7. The van der Waals surface area contributed by atoms with Crippen LogP contribution >= 0.6 is 12.6 Å². The van der Waals surface area contributed by atoms with Gasteiger partial charge in [0.05, 0.1) is 26.2 Å². The minimum absolute atomic E-state index is 0.0575. The lowest BCUT2D eigenvalue weighted by molar-refractivity contribution is -0.138. The molecule has 15 heavy (non-hydrogen) atoms. The Balaban J connectivity index is 2.89. The maximum absolute atomic E-state index is 10.1. The molecule has 4 nitrogen and oxygen atoms in total. The van der Waals surface area contributed by atoms with Gasteiger partial charge in [0, 0.05) is 6.61 Å². The maximum atomic E-state index is 10.1. The highest BCUT2D eigenvalue weighted by molar-refractivity contribution is 7.80. The second-order valence-electron chi connectivity index (χ2n) is 3.15. The molecule has 0 fully saturated rings. The van der Waals surface area contributed by atoms with Crippen molar-refractivity contribution < 1.29 is 19.4 Å². The molecule has 0 aliphatic rings. The van der Waals surface area contributed by atoms with Crippen molar-refractivity contribution in [1.29, 1.82) is 0 Å². The van der Waals surface area contributed by atoms with E-state index in [1.165, 1.54) is 0 Å². The summed E-state index contributed by atoms with van der Waals surface area (Å²) >= 11 is 4.11. The molecular weight excluding hydrogens is 216 g/mol. The first-order valence-corrected chi connectivity index (χ1v) is 5.88. The number of carboxylic acids is 1. The molecular formula is C10H20O4S. The Kier molecular flexibility index (Phi) is 11.6. The number of thiol groups is 1. The highest BCUT2D eigenvalue weighted by Crippen LogP contribution is 1.97. The molecule has 0 saturated heterocycles. The monoisotopic (exact) mass is 236 g/mol. The molecule has 5 heteroatoms. The van der Waals surface area contributed by atoms with Crippen molar-refractivity contribution in [2.75, 3.05) is 32.2 Å². The molecule has 0 amide bonds. The number of unbranched alkanes of at least 4 members (excludes halogenated alkanes) is 2. The number of carbonyl (C=O) groups is 1. The van der Waals surface area contributed by atoms with Gasteiger partial charge in [-0.05, 0) is 18.6 Å². The van der Waals surface area contributed by atoms with Gasteiger partial charge in [0.15, 0.2) is 0 Å². The first-order valence-electron chi connectivity index (χ1n) is 5.25. The van der Waals surface area contributed by atoms with Crippen LogP contribution in [0, 0.1) is 0 Å². The fraction of sp³-hybridized carbons (Fsp3) is 0.900. The van der Waals surface area contributed by atoms with Crippen molar-refractivity contribution in [3.8, 4) is 0 Å². The van der Waals surface area contributed by atoms with Gasteiger partial charge in [-0.25, -0.2) is 0 Å². The third-order valence-electron chi connectivity index (χ3n) is 1.78. The van der Waals surface area contributed by atoms with E-state index in [0.29, 0.717) is 13.2 Å². The van der Waals surface area contributed by atoms with Gasteiger partial charge in [0.1, 0.15) is 0 Å². The molecule has 0 aliphatic heterocycles. The van der Waals surface area contributed by atoms with Crippen LogP contribution in [0.25, 0.3) is 0 Å². The molecule has 0 bridgehead atoms. The fourth-order valence-corrected chi connectivity index (χ4v) is 1.20. The molecule has 0 rings (SSSR count). The highest BCUT2D eigenvalue weighted by atomic mass is 32.1. The third-order valence-corrected chi connectivity index (χ3v) is 2.10. The van der Waals surface area contributed by atoms with Gasteiger partial charge in [-0.1, -0.05) is 6.42 Å². The van der Waals surface area contributed by atoms with Gasteiger partial charge in [-0.3, -0.25) is 4.79 Å². The van der Waals surface area contributed by atoms with Crippen LogP contribution in [0.2, 0.25) is 0 Å². The number of hydrogen-bond acceptors (Lipinski definition) is 4. The molecule has 0 atom stereocenters. The largest absolute Gasteiger partial charge is 0.481 e. The zero-order valence-electron chi connectivity index (χ0n) is 8.98. The number of aliphatic carboxylic acids is 1. The molecule has 0 radical (unpaired) electrons. The Morgan fingerprint density at radius 2 is 1.67 bits per heavy atom. The summed E-state index contributed by atoms with van der Waals surface area (Å²) in [6, 6.07) is 0. The van der Waals surface area contributed by atoms with E-state index in [1.54, 1.807) is 0 Å². The van der Waals surface area contributed by atoms with E-state index in [9.17, 15) is 4.79 Å². The van der Waals surface area contributed by atoms with E-state index in [1.807, 2.05) is 0 Å². The predicted octanol–water partition coefficient (Wildman–Crippen LogP) is 1.59. The molecule has 1 N–H and O–H groups in total. The van der Waals surface area contributed by atoms with Crippen LogP contribution in [-0.2, 0) is 14.3 Å². The molecule has 0 saturated carbocycles. The van der Waals surface area contributed by atoms with E-state index >= 15 is 0 Å². The van der Waals surface area contributed by atoms with Gasteiger partial charge in [-0.2, -0.15) is 12.6 Å². The van der Waals surface area contributed by atoms with Gasteiger partial charge in [0.25, 0.3) is 0 Å². The molecule has 0 aromatic carbocycles. The lowest BCUT2D eigenvalue weighted by Gasteiger charge is -2.04. The summed E-state index contributed by atoms with van der Waals surface area (Å²) < 4.78 is 10.3. The van der Waals surface area contributed by atoms with Crippen molar-refractivity contribution in [2.24, 2.45) is 0 Å². The predicted molar refractivity (Wildman–Crippen MR) is 61.6 cm³/mol. The van der Waals surface area contributed by atoms with Gasteiger partial charge in [0.2, 0.25) is 0 Å². The van der Waals surface area contributed by atoms with E-state index in [2.05, 4.69) is 12.6 Å². The molecule has 0 aromatic rings. The Morgan fingerprint density at radius 1 is 1.00 bits per heavy atom. The number of carboxylic acid groups (broad SMARTS) is 1. The topological polar surface area (TPSA) is 55.8 Å². The van der Waals surface area contributed by atoms with Crippen LogP contribution in [-0.4, -0.2) is 43.3 Å². The average Bonchev–Trinajstić information content (AvgIpc) is 2.20. The third kappa shape index (κ3) is 13.7. The normalized spacial score (nSPS) is 10.5. The lowest BCUT2D eigenvalue weighted by atomic mass is 10.3. The van der Waals surface area contributed by atoms with Crippen LogP contribution < -0.4 is 0 Å². The Morgan fingerprint density at radius 3 is 2.27 bits per heavy atom. The van der Waals surface area contributed by atoms with Gasteiger partial charge >= 0.3 is 5.97 Å². The van der Waals surface area contributed by atoms with E-state index in [4.69, 9.17) is 14.6 Å². The lowest BCUT2D eigenvalue weighted by Crippen LogP contribution is -2.08. The Labute approximate surface area is 96.4 Å². The summed E-state index contributed by atoms with van der Waals surface area (Å²) in [7, 11) is 0. The molecule has 0 unspecified atom stereocenters. The summed E-state index contributed by atoms with van der Waals surface area (Å²) in [4.78, 5) is 10.1. The maximum Gasteiger partial charge on any atom is 0.305 e. The van der Waals surface area contributed by atoms with Gasteiger partial charge in [-0.15, -0.1) is 0 Å². The summed E-state index contributed by atoms with van der Waals surface area (Å²) in [5.74, 6) is 0.0980. The minimum Gasteiger partial charge on any atom is -0.481 e. The second-order valence-corrected chi connectivity index (χ2v) is 3.60. The van der Waals surface area contributed by atoms with Crippen molar-refractivity contribution in [1.82, 2.24) is 0 Å². The minimum atomic E-state index is -0.831. The van der Waals surface area contributed by atoms with Crippen molar-refractivity contribution in [3.63, 3.8) is 0 Å². The standard InChI is InChI=1S/C10H20O4S/c11-10(12)4-6-14-8-7-13-5-2-1-3-9-15/h15H,1-9H2,(H,11,12). The van der Waals surface area contributed by atoms with Crippen LogP contribution in [0.3, 0.4) is 0 Å².